The third-order valence-corrected chi connectivity index (χ3v) is 5.84. The van der Waals surface area contributed by atoms with E-state index >= 15 is 0 Å². The number of aromatic nitrogens is 2. The lowest BCUT2D eigenvalue weighted by molar-refractivity contribution is -0.0717. The SMILES string of the molecule is CS(=O)(=O)/C=C/CNC(=O)c1cnc(C(F)(F)C2CC2)nc1Oc1ccccc1.FC1(F)CCC1.[HH]. The maximum atomic E-state index is 14.4. The summed E-state index contributed by atoms with van der Waals surface area (Å²) >= 11 is 0. The number of ether oxygens (including phenoxy) is 1. The number of alkyl halides is 4. The number of benzene rings is 1. The fourth-order valence-electron chi connectivity index (χ4n) is 2.90. The molecule has 2 aliphatic rings. The summed E-state index contributed by atoms with van der Waals surface area (Å²) in [6.45, 7) is -0.0866. The summed E-state index contributed by atoms with van der Waals surface area (Å²) in [4.78, 5) is 20.0. The summed E-state index contributed by atoms with van der Waals surface area (Å²) < 4.78 is 79.6. The molecule has 4 rings (SSSR count). The molecule has 0 saturated heterocycles. The Hall–Kier alpha value is -3.02. The van der Waals surface area contributed by atoms with Crippen LogP contribution >= 0.6 is 0 Å². The predicted octanol–water partition coefficient (Wildman–Crippen LogP) is 5.11. The average Bonchev–Trinajstić information content (AvgIpc) is 3.62. The Morgan fingerprint density at radius 2 is 1.89 bits per heavy atom. The lowest BCUT2D eigenvalue weighted by atomic mass is 9.95. The molecule has 2 aromatic rings. The third-order valence-electron chi connectivity index (χ3n) is 5.15. The zero-order chi connectivity index (χ0) is 25.7. The number of para-hydroxylation sites is 1. The lowest BCUT2D eigenvalue weighted by Crippen LogP contribution is -2.26. The van der Waals surface area contributed by atoms with Gasteiger partial charge in [-0.05, 0) is 31.4 Å². The molecule has 2 aliphatic carbocycles. The molecule has 0 radical (unpaired) electrons. The van der Waals surface area contributed by atoms with Crippen molar-refractivity contribution in [2.24, 2.45) is 5.92 Å². The van der Waals surface area contributed by atoms with Crippen LogP contribution in [0, 0.1) is 5.92 Å². The molecular weight excluding hydrogens is 490 g/mol. The van der Waals surface area contributed by atoms with Gasteiger partial charge in [0.05, 0.1) is 0 Å². The molecule has 1 N–H and O–H groups in total. The second-order valence-electron chi connectivity index (χ2n) is 8.35. The molecule has 0 bridgehead atoms. The lowest BCUT2D eigenvalue weighted by Gasteiger charge is -2.23. The van der Waals surface area contributed by atoms with Crippen LogP contribution in [0.5, 0.6) is 11.6 Å². The molecule has 1 aromatic carbocycles. The Morgan fingerprint density at radius 3 is 2.40 bits per heavy atom. The van der Waals surface area contributed by atoms with Gasteiger partial charge in [0.2, 0.25) is 17.6 Å². The Labute approximate surface area is 202 Å². The minimum atomic E-state index is -3.32. The van der Waals surface area contributed by atoms with Crippen molar-refractivity contribution in [2.75, 3.05) is 12.8 Å². The number of nitrogens with zero attached hydrogens (tertiary/aromatic N) is 2. The van der Waals surface area contributed by atoms with Crippen LogP contribution in [-0.2, 0) is 15.8 Å². The summed E-state index contributed by atoms with van der Waals surface area (Å²) in [7, 11) is -3.32. The largest absolute Gasteiger partial charge is 0.438 e. The van der Waals surface area contributed by atoms with Crippen molar-refractivity contribution in [2.45, 2.75) is 43.9 Å². The molecule has 1 amide bonds. The van der Waals surface area contributed by atoms with Crippen molar-refractivity contribution < 1.29 is 36.9 Å². The minimum absolute atomic E-state index is 0. The molecule has 1 aromatic heterocycles. The summed E-state index contributed by atoms with van der Waals surface area (Å²) in [6.07, 6.45) is 4.99. The molecule has 1 heterocycles. The van der Waals surface area contributed by atoms with Crippen molar-refractivity contribution in [1.82, 2.24) is 15.3 Å². The molecule has 35 heavy (non-hydrogen) atoms. The molecule has 2 saturated carbocycles. The van der Waals surface area contributed by atoms with Gasteiger partial charge in [0.15, 0.2) is 9.84 Å². The number of carbonyl (C=O) groups excluding carboxylic acids is 1. The summed E-state index contributed by atoms with van der Waals surface area (Å²) in [5, 5.41) is 3.40. The Morgan fingerprint density at radius 1 is 1.26 bits per heavy atom. The molecule has 0 atom stereocenters. The molecule has 192 valence electrons. The van der Waals surface area contributed by atoms with Crippen LogP contribution in [0.2, 0.25) is 0 Å². The highest BCUT2D eigenvalue weighted by molar-refractivity contribution is 7.93. The van der Waals surface area contributed by atoms with Gasteiger partial charge >= 0.3 is 5.92 Å². The molecule has 12 heteroatoms. The summed E-state index contributed by atoms with van der Waals surface area (Å²) in [5.74, 6) is -7.66. The van der Waals surface area contributed by atoms with Crippen LogP contribution in [0.15, 0.2) is 48.0 Å². The molecule has 0 unspecified atom stereocenters. The molecule has 0 aliphatic heterocycles. The first-order valence-electron chi connectivity index (χ1n) is 10.9. The Balaban J connectivity index is 0.000000571. The maximum Gasteiger partial charge on any atom is 0.309 e. The van der Waals surface area contributed by atoms with Crippen molar-refractivity contribution in [3.05, 3.63) is 59.4 Å². The van der Waals surface area contributed by atoms with Crippen molar-refractivity contribution in [3.63, 3.8) is 0 Å². The predicted molar refractivity (Wildman–Crippen MR) is 122 cm³/mol. The number of rotatable bonds is 8. The monoisotopic (exact) mass is 517 g/mol. The summed E-state index contributed by atoms with van der Waals surface area (Å²) in [5.41, 5.74) is -0.142. The van der Waals surface area contributed by atoms with E-state index in [0.717, 1.165) is 17.9 Å². The van der Waals surface area contributed by atoms with Crippen LogP contribution in [-0.4, -0.2) is 43.0 Å². The fraction of sp³-hybridized carbons (Fsp3) is 0.435. The number of halogens is 4. The van der Waals surface area contributed by atoms with E-state index in [4.69, 9.17) is 4.74 Å². The molecule has 7 nitrogen and oxygen atoms in total. The first kappa shape index (κ1) is 26.6. The van der Waals surface area contributed by atoms with Crippen LogP contribution in [0.3, 0.4) is 0 Å². The zero-order valence-corrected chi connectivity index (χ0v) is 19.7. The van der Waals surface area contributed by atoms with E-state index in [0.29, 0.717) is 25.0 Å². The quantitative estimate of drug-likeness (QED) is 0.489. The van der Waals surface area contributed by atoms with Crippen molar-refractivity contribution >= 4 is 15.7 Å². The number of sulfone groups is 1. The van der Waals surface area contributed by atoms with E-state index in [-0.39, 0.29) is 32.3 Å². The van der Waals surface area contributed by atoms with Gasteiger partial charge in [0.1, 0.15) is 11.3 Å². The van der Waals surface area contributed by atoms with E-state index in [9.17, 15) is 30.8 Å². The van der Waals surface area contributed by atoms with Crippen molar-refractivity contribution in [1.29, 1.82) is 0 Å². The van der Waals surface area contributed by atoms with E-state index in [1.54, 1.807) is 30.3 Å². The van der Waals surface area contributed by atoms with Gasteiger partial charge in [-0.25, -0.2) is 22.2 Å². The van der Waals surface area contributed by atoms with E-state index in [1.165, 1.54) is 6.08 Å². The highest BCUT2D eigenvalue weighted by Crippen LogP contribution is 2.48. The third kappa shape index (κ3) is 8.01. The highest BCUT2D eigenvalue weighted by atomic mass is 32.2. The standard InChI is InChI=1S/C19H19F2N3O4S.C4H6F2.H2/c1-29(26,27)11-5-10-22-16(25)15-12-23-18(19(20,21)13-8-9-13)24-17(15)28-14-6-3-2-4-7-14;5-4(6)2-1-3-4;/h2-7,11-13H,8-10H2,1H3,(H,22,25);1-3H2;1H/b11-5+;;. The number of carbonyl (C=O) groups is 1. The van der Waals surface area contributed by atoms with Gasteiger partial charge in [-0.15, -0.1) is 0 Å². The molecule has 2 fully saturated rings. The maximum absolute atomic E-state index is 14.4. The fourth-order valence-corrected chi connectivity index (χ4v) is 3.35. The number of hydrogen-bond donors (Lipinski definition) is 1. The van der Waals surface area contributed by atoms with Crippen LogP contribution in [0.25, 0.3) is 0 Å². The Bertz CT molecular complexity index is 1170. The summed E-state index contributed by atoms with van der Waals surface area (Å²) in [6, 6.07) is 8.31. The Kier molecular flexibility index (Phi) is 8.14. The van der Waals surface area contributed by atoms with E-state index < -0.39 is 39.3 Å². The first-order chi connectivity index (χ1) is 16.4. The van der Waals surface area contributed by atoms with Gasteiger partial charge in [-0.1, -0.05) is 24.3 Å². The van der Waals surface area contributed by atoms with Gasteiger partial charge < -0.3 is 10.1 Å². The van der Waals surface area contributed by atoms with Crippen LogP contribution in [0.4, 0.5) is 17.6 Å². The number of amides is 1. The van der Waals surface area contributed by atoms with Gasteiger partial charge in [-0.2, -0.15) is 13.8 Å². The number of hydrogen-bond acceptors (Lipinski definition) is 6. The van der Waals surface area contributed by atoms with Crippen LogP contribution in [0.1, 0.15) is 49.7 Å². The minimum Gasteiger partial charge on any atom is -0.438 e. The zero-order valence-electron chi connectivity index (χ0n) is 18.9. The van der Waals surface area contributed by atoms with Gasteiger partial charge in [0, 0.05) is 44.6 Å². The average molecular weight is 518 g/mol. The molecular formula is C23H27F4N3O4S. The van der Waals surface area contributed by atoms with E-state index in [2.05, 4.69) is 15.3 Å². The van der Waals surface area contributed by atoms with Crippen molar-refractivity contribution in [3.8, 4) is 11.6 Å². The second-order valence-corrected chi connectivity index (χ2v) is 10.3. The van der Waals surface area contributed by atoms with Gasteiger partial charge in [-0.3, -0.25) is 4.79 Å². The topological polar surface area (TPSA) is 98.2 Å². The number of nitrogens with one attached hydrogen (secondary N) is 1. The first-order valence-corrected chi connectivity index (χ1v) is 12.8. The molecule has 0 spiro atoms. The van der Waals surface area contributed by atoms with Crippen LogP contribution < -0.4 is 10.1 Å². The highest BCUT2D eigenvalue weighted by Gasteiger charge is 2.50. The van der Waals surface area contributed by atoms with E-state index in [1.807, 2.05) is 0 Å². The smallest absolute Gasteiger partial charge is 0.309 e. The second kappa shape index (κ2) is 10.7. The van der Waals surface area contributed by atoms with Gasteiger partial charge in [0.25, 0.3) is 5.91 Å². The normalized spacial score (nSPS) is 17.2.